The summed E-state index contributed by atoms with van der Waals surface area (Å²) in [4.78, 5) is 12.3. The minimum absolute atomic E-state index is 0.0139. The Balaban J connectivity index is 1.71. The van der Waals surface area contributed by atoms with Gasteiger partial charge in [0.2, 0.25) is 0 Å². The number of thiocarbonyl (C=S) groups is 1. The second-order valence-corrected chi connectivity index (χ2v) is 6.38. The van der Waals surface area contributed by atoms with Crippen molar-refractivity contribution in [1.82, 2.24) is 5.32 Å². The number of furan rings is 1. The van der Waals surface area contributed by atoms with Gasteiger partial charge in [-0.15, -0.1) is 0 Å². The van der Waals surface area contributed by atoms with Crippen LogP contribution in [0.5, 0.6) is 5.75 Å². The van der Waals surface area contributed by atoms with Crippen molar-refractivity contribution in [3.63, 3.8) is 0 Å². The molecule has 2 aromatic carbocycles. The van der Waals surface area contributed by atoms with Crippen LogP contribution < -0.4 is 10.6 Å². The molecular weight excluding hydrogens is 395 g/mol. The van der Waals surface area contributed by atoms with E-state index in [9.17, 15) is 9.90 Å². The fourth-order valence-corrected chi connectivity index (χ4v) is 2.79. The molecule has 3 N–H and O–H groups in total. The van der Waals surface area contributed by atoms with Crippen LogP contribution in [0.3, 0.4) is 0 Å². The summed E-state index contributed by atoms with van der Waals surface area (Å²) in [5.74, 6) is -0.0676. The van der Waals surface area contributed by atoms with E-state index in [0.717, 1.165) is 0 Å². The Hall–Kier alpha value is -2.54. The summed E-state index contributed by atoms with van der Waals surface area (Å²) in [7, 11) is 0. The lowest BCUT2D eigenvalue weighted by molar-refractivity contribution is 0.0951. The smallest absolute Gasteiger partial charge is 0.293 e. The highest BCUT2D eigenvalue weighted by Crippen LogP contribution is 2.34. The van der Waals surface area contributed by atoms with Gasteiger partial charge in [-0.25, -0.2) is 0 Å². The molecule has 0 aliphatic heterocycles. The van der Waals surface area contributed by atoms with Gasteiger partial charge in [0.25, 0.3) is 5.91 Å². The highest BCUT2D eigenvalue weighted by Gasteiger charge is 2.16. The Morgan fingerprint density at radius 3 is 2.58 bits per heavy atom. The number of benzene rings is 2. The number of hydrogen-bond acceptors (Lipinski definition) is 4. The van der Waals surface area contributed by atoms with E-state index in [1.54, 1.807) is 42.5 Å². The number of rotatable bonds is 3. The Labute approximate surface area is 164 Å². The average Bonchev–Trinajstić information content (AvgIpc) is 3.09. The number of hydrogen-bond donors (Lipinski definition) is 3. The molecule has 8 heteroatoms. The van der Waals surface area contributed by atoms with Crippen LogP contribution in [0, 0.1) is 0 Å². The zero-order valence-electron chi connectivity index (χ0n) is 13.1. The number of anilines is 1. The lowest BCUT2D eigenvalue weighted by atomic mass is 10.2. The maximum atomic E-state index is 12.3. The first kappa shape index (κ1) is 18.3. The molecule has 0 spiro atoms. The van der Waals surface area contributed by atoms with Crippen LogP contribution in [0.25, 0.3) is 11.3 Å². The van der Waals surface area contributed by atoms with Crippen LogP contribution in [-0.2, 0) is 0 Å². The zero-order valence-corrected chi connectivity index (χ0v) is 15.5. The first-order valence-corrected chi connectivity index (χ1v) is 8.56. The topological polar surface area (TPSA) is 74.5 Å². The number of nitrogens with one attached hydrogen (secondary N) is 2. The second kappa shape index (κ2) is 7.78. The Morgan fingerprint density at radius 2 is 1.81 bits per heavy atom. The molecule has 1 heterocycles. The van der Waals surface area contributed by atoms with E-state index >= 15 is 0 Å². The molecule has 132 valence electrons. The third-order valence-corrected chi connectivity index (χ3v) is 4.45. The van der Waals surface area contributed by atoms with Gasteiger partial charge in [-0.2, -0.15) is 0 Å². The van der Waals surface area contributed by atoms with E-state index in [-0.39, 0.29) is 16.6 Å². The number of aromatic hydroxyl groups is 1. The van der Waals surface area contributed by atoms with Gasteiger partial charge in [-0.3, -0.25) is 10.1 Å². The van der Waals surface area contributed by atoms with Gasteiger partial charge in [-0.05, 0) is 48.6 Å². The van der Waals surface area contributed by atoms with Gasteiger partial charge in [0.15, 0.2) is 10.9 Å². The summed E-state index contributed by atoms with van der Waals surface area (Å²) in [5, 5.41) is 15.7. The van der Waals surface area contributed by atoms with Gasteiger partial charge in [0.1, 0.15) is 11.5 Å². The molecule has 0 bridgehead atoms. The van der Waals surface area contributed by atoms with E-state index in [4.69, 9.17) is 39.8 Å². The molecule has 26 heavy (non-hydrogen) atoms. The number of phenolic OH excluding ortho intramolecular Hbond substituents is 1. The number of halogens is 2. The van der Waals surface area contributed by atoms with Crippen molar-refractivity contribution in [1.29, 1.82) is 0 Å². The van der Waals surface area contributed by atoms with Crippen molar-refractivity contribution in [3.05, 3.63) is 70.4 Å². The normalized spacial score (nSPS) is 10.4. The molecule has 3 rings (SSSR count). The van der Waals surface area contributed by atoms with E-state index in [0.29, 0.717) is 27.1 Å². The molecule has 0 aliphatic rings. The van der Waals surface area contributed by atoms with Crippen molar-refractivity contribution in [2.75, 3.05) is 5.32 Å². The summed E-state index contributed by atoms with van der Waals surface area (Å²) in [6, 6.07) is 14.8. The van der Waals surface area contributed by atoms with E-state index in [2.05, 4.69) is 10.6 Å². The zero-order chi connectivity index (χ0) is 18.7. The highest BCUT2D eigenvalue weighted by molar-refractivity contribution is 7.80. The van der Waals surface area contributed by atoms with Gasteiger partial charge < -0.3 is 14.8 Å². The molecule has 0 atom stereocenters. The third kappa shape index (κ3) is 3.99. The largest absolute Gasteiger partial charge is 0.506 e. The Morgan fingerprint density at radius 1 is 1.04 bits per heavy atom. The van der Waals surface area contributed by atoms with Crippen LogP contribution in [0.4, 0.5) is 5.69 Å². The monoisotopic (exact) mass is 406 g/mol. The van der Waals surface area contributed by atoms with Gasteiger partial charge >= 0.3 is 0 Å². The van der Waals surface area contributed by atoms with E-state index in [1.165, 1.54) is 12.1 Å². The number of carbonyl (C=O) groups is 1. The molecular formula is C18H12Cl2N2O3S. The maximum absolute atomic E-state index is 12.3. The molecule has 3 aromatic rings. The fraction of sp³-hybridized carbons (Fsp3) is 0. The third-order valence-electron chi connectivity index (χ3n) is 3.43. The van der Waals surface area contributed by atoms with Crippen LogP contribution in [-0.4, -0.2) is 16.1 Å². The van der Waals surface area contributed by atoms with Crippen molar-refractivity contribution < 1.29 is 14.3 Å². The highest BCUT2D eigenvalue weighted by atomic mass is 35.5. The molecule has 0 saturated carbocycles. The van der Waals surface area contributed by atoms with Crippen molar-refractivity contribution in [2.45, 2.75) is 0 Å². The van der Waals surface area contributed by atoms with Gasteiger partial charge in [0, 0.05) is 5.56 Å². The molecule has 0 unspecified atom stereocenters. The minimum Gasteiger partial charge on any atom is -0.506 e. The molecule has 0 radical (unpaired) electrons. The Kier molecular flexibility index (Phi) is 5.46. The fourth-order valence-electron chi connectivity index (χ4n) is 2.20. The molecule has 0 saturated heterocycles. The van der Waals surface area contributed by atoms with E-state index < -0.39 is 5.91 Å². The van der Waals surface area contributed by atoms with Crippen molar-refractivity contribution in [2.24, 2.45) is 0 Å². The summed E-state index contributed by atoms with van der Waals surface area (Å²) in [5.41, 5.74) is 0.955. The first-order valence-electron chi connectivity index (χ1n) is 7.40. The number of carbonyl (C=O) groups excluding carboxylic acids is 1. The second-order valence-electron chi connectivity index (χ2n) is 5.19. The number of phenols is 1. The summed E-state index contributed by atoms with van der Waals surface area (Å²) in [6.45, 7) is 0. The molecule has 1 amide bonds. The maximum Gasteiger partial charge on any atom is 0.293 e. The van der Waals surface area contributed by atoms with Crippen LogP contribution in [0.1, 0.15) is 10.6 Å². The predicted octanol–water partition coefficient (Wildman–Crippen LogP) is 5.09. The number of para-hydroxylation sites is 2. The van der Waals surface area contributed by atoms with Crippen molar-refractivity contribution >= 4 is 52.1 Å². The quantitative estimate of drug-likeness (QED) is 0.417. The van der Waals surface area contributed by atoms with Gasteiger partial charge in [-0.1, -0.05) is 41.4 Å². The standard InChI is InChI=1S/C18H12Cl2N2O3S/c19-11-5-3-4-10(16(11)20)14-8-9-15(25-14)17(24)22-18(26)21-12-6-1-2-7-13(12)23/h1-9,23H,(H2,21,22,24,26). The van der Waals surface area contributed by atoms with Crippen LogP contribution >= 0.6 is 35.4 Å². The molecule has 0 aliphatic carbocycles. The van der Waals surface area contributed by atoms with Crippen LogP contribution in [0.2, 0.25) is 10.0 Å². The number of amides is 1. The summed E-state index contributed by atoms with van der Waals surface area (Å²) in [6.07, 6.45) is 0. The first-order chi connectivity index (χ1) is 12.5. The van der Waals surface area contributed by atoms with Gasteiger partial charge in [0.05, 0.1) is 15.7 Å². The van der Waals surface area contributed by atoms with Crippen molar-refractivity contribution in [3.8, 4) is 17.1 Å². The lowest BCUT2D eigenvalue weighted by Gasteiger charge is -2.09. The molecule has 0 fully saturated rings. The van der Waals surface area contributed by atoms with E-state index in [1.807, 2.05) is 0 Å². The lowest BCUT2D eigenvalue weighted by Crippen LogP contribution is -2.33. The minimum atomic E-state index is -0.540. The van der Waals surface area contributed by atoms with Crippen LogP contribution in [0.15, 0.2) is 59.0 Å². The SMILES string of the molecule is O=C(NC(=S)Nc1ccccc1O)c1ccc(-c2cccc(Cl)c2Cl)o1. The summed E-state index contributed by atoms with van der Waals surface area (Å²) >= 11 is 17.2. The molecule has 1 aromatic heterocycles. The summed E-state index contributed by atoms with van der Waals surface area (Å²) < 4.78 is 5.55. The Bertz CT molecular complexity index is 988. The predicted molar refractivity (Wildman–Crippen MR) is 106 cm³/mol. The average molecular weight is 407 g/mol. The molecule has 5 nitrogen and oxygen atoms in total.